The summed E-state index contributed by atoms with van der Waals surface area (Å²) in [5, 5.41) is 14.6. The first-order valence-electron chi connectivity index (χ1n) is 11.1. The van der Waals surface area contributed by atoms with Crippen LogP contribution in [0.1, 0.15) is 34.4 Å². The maximum Gasteiger partial charge on any atom is 0.341 e. The average Bonchev–Trinajstić information content (AvgIpc) is 3.57. The third-order valence-electron chi connectivity index (χ3n) is 5.63. The highest BCUT2D eigenvalue weighted by Crippen LogP contribution is 2.36. The summed E-state index contributed by atoms with van der Waals surface area (Å²) >= 11 is 2.63. The fourth-order valence-corrected chi connectivity index (χ4v) is 5.50. The Kier molecular flexibility index (Phi) is 7.72. The van der Waals surface area contributed by atoms with Gasteiger partial charge in [0.2, 0.25) is 5.91 Å². The summed E-state index contributed by atoms with van der Waals surface area (Å²) in [5.41, 5.74) is 4.26. The summed E-state index contributed by atoms with van der Waals surface area (Å²) in [6.45, 7) is 4.74. The number of rotatable bonds is 9. The van der Waals surface area contributed by atoms with Gasteiger partial charge < -0.3 is 19.2 Å². The lowest BCUT2D eigenvalue weighted by Crippen LogP contribution is -2.16. The van der Waals surface area contributed by atoms with Crippen LogP contribution in [0, 0.1) is 6.92 Å². The molecule has 0 unspecified atom stereocenters. The molecule has 8 nitrogen and oxygen atoms in total. The monoisotopic (exact) mass is 509 g/mol. The van der Waals surface area contributed by atoms with Crippen molar-refractivity contribution < 1.29 is 14.3 Å². The van der Waals surface area contributed by atoms with Gasteiger partial charge in [0.15, 0.2) is 5.16 Å². The molecule has 182 valence electrons. The molecule has 4 rings (SSSR count). The summed E-state index contributed by atoms with van der Waals surface area (Å²) in [5.74, 6) is 0.278. The number of aryl methyl sites for hydroxylation is 2. The van der Waals surface area contributed by atoms with Gasteiger partial charge in [0, 0.05) is 42.8 Å². The van der Waals surface area contributed by atoms with Crippen LogP contribution in [0.5, 0.6) is 0 Å². The van der Waals surface area contributed by atoms with Gasteiger partial charge in [-0.15, -0.1) is 21.5 Å². The average molecular weight is 510 g/mol. The summed E-state index contributed by atoms with van der Waals surface area (Å²) in [4.78, 5) is 25.4. The number of anilines is 1. The fraction of sp³-hybridized carbons (Fsp3) is 0.280. The van der Waals surface area contributed by atoms with E-state index in [1.54, 1.807) is 0 Å². The lowest BCUT2D eigenvalue weighted by atomic mass is 10.0. The van der Waals surface area contributed by atoms with E-state index in [0.29, 0.717) is 28.7 Å². The molecule has 0 radical (unpaired) electrons. The van der Waals surface area contributed by atoms with Crippen molar-refractivity contribution in [1.82, 2.24) is 19.3 Å². The van der Waals surface area contributed by atoms with Gasteiger partial charge in [-0.2, -0.15) is 0 Å². The molecule has 10 heteroatoms. The largest absolute Gasteiger partial charge is 0.465 e. The number of nitrogens with zero attached hydrogens (tertiary/aromatic N) is 4. The lowest BCUT2D eigenvalue weighted by molar-refractivity contribution is -0.113. The van der Waals surface area contributed by atoms with Gasteiger partial charge >= 0.3 is 5.97 Å². The molecule has 0 aliphatic heterocycles. The van der Waals surface area contributed by atoms with Crippen LogP contribution in [-0.2, 0) is 29.5 Å². The zero-order valence-corrected chi connectivity index (χ0v) is 21.7. The molecule has 0 bridgehead atoms. The van der Waals surface area contributed by atoms with Crippen LogP contribution < -0.4 is 5.32 Å². The van der Waals surface area contributed by atoms with Gasteiger partial charge in [0.25, 0.3) is 0 Å². The van der Waals surface area contributed by atoms with Crippen molar-refractivity contribution in [3.8, 4) is 11.1 Å². The van der Waals surface area contributed by atoms with Crippen LogP contribution >= 0.6 is 23.1 Å². The summed E-state index contributed by atoms with van der Waals surface area (Å²) in [7, 11) is 3.34. The number of nitrogens with one attached hydrogen (secondary N) is 1. The summed E-state index contributed by atoms with van der Waals surface area (Å²) < 4.78 is 9.08. The summed E-state index contributed by atoms with van der Waals surface area (Å²) in [6.07, 6.45) is 2.66. The molecule has 3 heterocycles. The Morgan fingerprint density at radius 2 is 1.94 bits per heavy atom. The normalized spacial score (nSPS) is 11.0. The smallest absolute Gasteiger partial charge is 0.341 e. The molecule has 1 aromatic carbocycles. The quantitative estimate of drug-likeness (QED) is 0.258. The molecular formula is C25H27N5O3S2. The van der Waals surface area contributed by atoms with Crippen LogP contribution in [0.15, 0.2) is 53.1 Å². The Bertz CT molecular complexity index is 1340. The number of thioether (sulfide) groups is 1. The number of esters is 1. The number of hydrogen-bond donors (Lipinski definition) is 1. The van der Waals surface area contributed by atoms with Gasteiger partial charge in [-0.05, 0) is 31.5 Å². The van der Waals surface area contributed by atoms with E-state index in [0.717, 1.165) is 28.2 Å². The van der Waals surface area contributed by atoms with Gasteiger partial charge in [-0.25, -0.2) is 4.79 Å². The van der Waals surface area contributed by atoms with Crippen molar-refractivity contribution in [2.45, 2.75) is 32.0 Å². The lowest BCUT2D eigenvalue weighted by Gasteiger charge is -2.09. The highest BCUT2D eigenvalue weighted by molar-refractivity contribution is 7.99. The minimum Gasteiger partial charge on any atom is -0.465 e. The minimum atomic E-state index is -0.485. The molecule has 0 aliphatic carbocycles. The van der Waals surface area contributed by atoms with Crippen LogP contribution in [0.4, 0.5) is 5.00 Å². The second-order valence-electron chi connectivity index (χ2n) is 7.98. The number of thiophene rings is 1. The standard InChI is InChI=1S/C25H27N5O3S2/c1-5-30-20(13-18-7-6-12-29(18)3)27-28-25(30)35-15-21(31)26-23-22(24(32)33-4)19(14-34-23)17-10-8-16(2)9-11-17/h6-12,14H,5,13,15H2,1-4H3,(H,26,31). The number of benzene rings is 1. The highest BCUT2D eigenvalue weighted by Gasteiger charge is 2.23. The molecule has 0 saturated carbocycles. The zero-order valence-electron chi connectivity index (χ0n) is 20.1. The molecule has 0 spiro atoms. The Labute approximate surface area is 212 Å². The number of aromatic nitrogens is 4. The van der Waals surface area contributed by atoms with Gasteiger partial charge in [-0.1, -0.05) is 41.6 Å². The maximum atomic E-state index is 12.8. The van der Waals surface area contributed by atoms with Gasteiger partial charge in [0.05, 0.1) is 12.9 Å². The minimum absolute atomic E-state index is 0.140. The van der Waals surface area contributed by atoms with E-state index in [-0.39, 0.29) is 11.7 Å². The first-order valence-corrected chi connectivity index (χ1v) is 13.0. The zero-order chi connectivity index (χ0) is 24.9. The third-order valence-corrected chi connectivity index (χ3v) is 7.49. The number of methoxy groups -OCH3 is 1. The van der Waals surface area contributed by atoms with Gasteiger partial charge in [0.1, 0.15) is 16.4 Å². The first-order chi connectivity index (χ1) is 16.9. The molecule has 0 atom stereocenters. The van der Waals surface area contributed by atoms with Crippen molar-refractivity contribution in [3.05, 3.63) is 70.6 Å². The molecule has 1 N–H and O–H groups in total. The predicted octanol–water partition coefficient (Wildman–Crippen LogP) is 4.78. The third kappa shape index (κ3) is 5.49. The predicted molar refractivity (Wildman–Crippen MR) is 139 cm³/mol. The maximum absolute atomic E-state index is 12.8. The summed E-state index contributed by atoms with van der Waals surface area (Å²) in [6, 6.07) is 11.9. The van der Waals surface area contributed by atoms with Crippen molar-refractivity contribution in [3.63, 3.8) is 0 Å². The number of carbonyl (C=O) groups excluding carboxylic acids is 2. The number of ether oxygens (including phenoxy) is 1. The Hall–Kier alpha value is -3.37. The van der Waals surface area contributed by atoms with Gasteiger partial charge in [-0.3, -0.25) is 4.79 Å². The van der Waals surface area contributed by atoms with Crippen molar-refractivity contribution >= 4 is 40.0 Å². The van der Waals surface area contributed by atoms with Crippen LogP contribution in [-0.4, -0.2) is 44.1 Å². The number of amides is 1. The molecule has 4 aromatic rings. The van der Waals surface area contributed by atoms with E-state index in [1.165, 1.54) is 30.2 Å². The van der Waals surface area contributed by atoms with Crippen LogP contribution in [0.2, 0.25) is 0 Å². The van der Waals surface area contributed by atoms with Crippen LogP contribution in [0.25, 0.3) is 11.1 Å². The van der Waals surface area contributed by atoms with Crippen molar-refractivity contribution in [2.75, 3.05) is 18.2 Å². The first kappa shape index (κ1) is 24.7. The second kappa shape index (κ2) is 10.9. The fourth-order valence-electron chi connectivity index (χ4n) is 3.71. The molecule has 3 aromatic heterocycles. The van der Waals surface area contributed by atoms with E-state index >= 15 is 0 Å². The molecule has 35 heavy (non-hydrogen) atoms. The molecule has 1 amide bonds. The van der Waals surface area contributed by atoms with Crippen LogP contribution in [0.3, 0.4) is 0 Å². The van der Waals surface area contributed by atoms with Crippen molar-refractivity contribution in [2.24, 2.45) is 7.05 Å². The number of carbonyl (C=O) groups is 2. The highest BCUT2D eigenvalue weighted by atomic mass is 32.2. The number of hydrogen-bond acceptors (Lipinski definition) is 7. The molecule has 0 saturated heterocycles. The molecule has 0 fully saturated rings. The second-order valence-corrected chi connectivity index (χ2v) is 9.80. The molecular weight excluding hydrogens is 482 g/mol. The van der Waals surface area contributed by atoms with E-state index in [4.69, 9.17) is 4.74 Å². The van der Waals surface area contributed by atoms with E-state index in [2.05, 4.69) is 26.1 Å². The Morgan fingerprint density at radius 1 is 1.17 bits per heavy atom. The van der Waals surface area contributed by atoms with E-state index in [1.807, 2.05) is 67.4 Å². The van der Waals surface area contributed by atoms with Crippen molar-refractivity contribution in [1.29, 1.82) is 0 Å². The topological polar surface area (TPSA) is 91.0 Å². The molecule has 0 aliphatic rings. The van der Waals surface area contributed by atoms with E-state index in [9.17, 15) is 9.59 Å². The Morgan fingerprint density at radius 3 is 2.60 bits per heavy atom. The SMILES string of the molecule is CCn1c(Cc2cccn2C)nnc1SCC(=O)Nc1scc(-c2ccc(C)cc2)c1C(=O)OC. The van der Waals surface area contributed by atoms with E-state index < -0.39 is 5.97 Å². The Balaban J connectivity index is 1.47.